The standard InChI is InChI=1S/C16H19NOS/c1-2-17-15(14-8-5-11-19-14)16-13-7-4-3-6-12(13)9-10-18-16/h3-8,11,15-17H,2,9-10H2,1H3. The van der Waals surface area contributed by atoms with E-state index in [1.165, 1.54) is 16.0 Å². The van der Waals surface area contributed by atoms with Gasteiger partial charge in [-0.25, -0.2) is 0 Å². The van der Waals surface area contributed by atoms with Gasteiger partial charge in [0.05, 0.1) is 12.6 Å². The Hall–Kier alpha value is -1.16. The Morgan fingerprint density at radius 3 is 3.00 bits per heavy atom. The van der Waals surface area contributed by atoms with Gasteiger partial charge < -0.3 is 10.1 Å². The molecule has 19 heavy (non-hydrogen) atoms. The molecule has 0 saturated carbocycles. The molecule has 1 aliphatic rings. The van der Waals surface area contributed by atoms with Gasteiger partial charge in [-0.1, -0.05) is 37.3 Å². The maximum Gasteiger partial charge on any atom is 0.103 e. The summed E-state index contributed by atoms with van der Waals surface area (Å²) in [7, 11) is 0. The molecule has 0 amide bonds. The van der Waals surface area contributed by atoms with Gasteiger partial charge in [-0.15, -0.1) is 11.3 Å². The smallest absolute Gasteiger partial charge is 0.103 e. The molecule has 2 heterocycles. The van der Waals surface area contributed by atoms with Crippen molar-refractivity contribution in [3.63, 3.8) is 0 Å². The van der Waals surface area contributed by atoms with Gasteiger partial charge in [-0.05, 0) is 35.5 Å². The lowest BCUT2D eigenvalue weighted by atomic mass is 9.92. The Balaban J connectivity index is 1.96. The molecule has 0 radical (unpaired) electrons. The molecule has 2 atom stereocenters. The van der Waals surface area contributed by atoms with Gasteiger partial charge in [-0.2, -0.15) is 0 Å². The highest BCUT2D eigenvalue weighted by Gasteiger charge is 2.29. The van der Waals surface area contributed by atoms with Crippen LogP contribution in [-0.4, -0.2) is 13.2 Å². The quantitative estimate of drug-likeness (QED) is 0.917. The molecule has 1 N–H and O–H groups in total. The van der Waals surface area contributed by atoms with E-state index in [1.807, 2.05) is 0 Å². The molecule has 0 spiro atoms. The number of thiophene rings is 1. The van der Waals surface area contributed by atoms with E-state index in [2.05, 4.69) is 54.0 Å². The van der Waals surface area contributed by atoms with E-state index in [1.54, 1.807) is 11.3 Å². The topological polar surface area (TPSA) is 21.3 Å². The van der Waals surface area contributed by atoms with Gasteiger partial charge in [0.1, 0.15) is 6.10 Å². The van der Waals surface area contributed by atoms with E-state index in [0.717, 1.165) is 19.6 Å². The lowest BCUT2D eigenvalue weighted by Crippen LogP contribution is -2.31. The lowest BCUT2D eigenvalue weighted by Gasteiger charge is -2.32. The largest absolute Gasteiger partial charge is 0.371 e. The van der Waals surface area contributed by atoms with Gasteiger partial charge in [0.25, 0.3) is 0 Å². The van der Waals surface area contributed by atoms with Crippen LogP contribution in [0.15, 0.2) is 41.8 Å². The molecule has 2 nitrogen and oxygen atoms in total. The molecule has 0 aliphatic carbocycles. The monoisotopic (exact) mass is 273 g/mol. The third kappa shape index (κ3) is 2.59. The van der Waals surface area contributed by atoms with Crippen molar-refractivity contribution in [3.8, 4) is 0 Å². The number of likely N-dealkylation sites (N-methyl/N-ethyl adjacent to an activating group) is 1. The molecular formula is C16H19NOS. The minimum Gasteiger partial charge on any atom is -0.371 e. The maximum absolute atomic E-state index is 6.09. The molecule has 1 aromatic heterocycles. The highest BCUT2D eigenvalue weighted by molar-refractivity contribution is 7.10. The van der Waals surface area contributed by atoms with Crippen molar-refractivity contribution in [2.24, 2.45) is 0 Å². The minimum absolute atomic E-state index is 0.128. The van der Waals surface area contributed by atoms with Gasteiger partial charge in [0.15, 0.2) is 0 Å². The third-order valence-corrected chi connectivity index (χ3v) is 4.56. The van der Waals surface area contributed by atoms with Crippen molar-refractivity contribution in [3.05, 3.63) is 57.8 Å². The van der Waals surface area contributed by atoms with Crippen molar-refractivity contribution in [2.75, 3.05) is 13.2 Å². The second kappa shape index (κ2) is 5.87. The van der Waals surface area contributed by atoms with Gasteiger partial charge in [0.2, 0.25) is 0 Å². The van der Waals surface area contributed by atoms with E-state index in [9.17, 15) is 0 Å². The van der Waals surface area contributed by atoms with E-state index in [-0.39, 0.29) is 12.1 Å². The molecule has 3 rings (SSSR count). The average molecular weight is 273 g/mol. The zero-order valence-corrected chi connectivity index (χ0v) is 12.0. The summed E-state index contributed by atoms with van der Waals surface area (Å²) in [6, 6.07) is 13.2. The van der Waals surface area contributed by atoms with E-state index in [4.69, 9.17) is 4.74 Å². The Labute approximate surface area is 118 Å². The highest BCUT2D eigenvalue weighted by atomic mass is 32.1. The summed E-state index contributed by atoms with van der Waals surface area (Å²) in [6.07, 6.45) is 1.15. The van der Waals surface area contributed by atoms with Crippen LogP contribution in [-0.2, 0) is 11.2 Å². The van der Waals surface area contributed by atoms with E-state index in [0.29, 0.717) is 0 Å². The first-order valence-electron chi connectivity index (χ1n) is 6.86. The highest BCUT2D eigenvalue weighted by Crippen LogP contribution is 2.38. The van der Waals surface area contributed by atoms with Crippen LogP contribution in [0.3, 0.4) is 0 Å². The van der Waals surface area contributed by atoms with Crippen LogP contribution < -0.4 is 5.32 Å². The summed E-state index contributed by atoms with van der Waals surface area (Å²) in [4.78, 5) is 1.35. The van der Waals surface area contributed by atoms with Crippen molar-refractivity contribution in [1.82, 2.24) is 5.32 Å². The van der Waals surface area contributed by atoms with Gasteiger partial charge in [-0.3, -0.25) is 0 Å². The maximum atomic E-state index is 6.09. The fourth-order valence-corrected chi connectivity index (χ4v) is 3.57. The van der Waals surface area contributed by atoms with Crippen molar-refractivity contribution in [1.29, 1.82) is 0 Å². The normalized spacial score (nSPS) is 19.9. The zero-order chi connectivity index (χ0) is 13.1. The number of benzene rings is 1. The summed E-state index contributed by atoms with van der Waals surface area (Å²) in [5, 5.41) is 5.71. The Kier molecular flexibility index (Phi) is 3.97. The predicted octanol–water partition coefficient (Wildman–Crippen LogP) is 3.71. The predicted molar refractivity (Wildman–Crippen MR) is 79.6 cm³/mol. The van der Waals surface area contributed by atoms with Crippen molar-refractivity contribution in [2.45, 2.75) is 25.5 Å². The Bertz CT molecular complexity index is 523. The van der Waals surface area contributed by atoms with E-state index < -0.39 is 0 Å². The summed E-state index contributed by atoms with van der Waals surface area (Å²) >= 11 is 1.80. The molecule has 3 heteroatoms. The summed E-state index contributed by atoms with van der Waals surface area (Å²) < 4.78 is 6.09. The third-order valence-electron chi connectivity index (χ3n) is 3.61. The molecule has 2 unspecified atom stereocenters. The zero-order valence-electron chi connectivity index (χ0n) is 11.1. The van der Waals surface area contributed by atoms with Crippen LogP contribution in [0.5, 0.6) is 0 Å². The number of hydrogen-bond acceptors (Lipinski definition) is 3. The number of nitrogens with one attached hydrogen (secondary N) is 1. The van der Waals surface area contributed by atoms with Crippen LogP contribution in [0.4, 0.5) is 0 Å². The fourth-order valence-electron chi connectivity index (χ4n) is 2.75. The minimum atomic E-state index is 0.128. The number of hydrogen-bond donors (Lipinski definition) is 1. The summed E-state index contributed by atoms with van der Waals surface area (Å²) in [5.74, 6) is 0. The molecule has 1 aliphatic heterocycles. The molecule has 0 saturated heterocycles. The molecule has 1 aromatic carbocycles. The Morgan fingerprint density at radius 1 is 1.32 bits per heavy atom. The molecule has 0 fully saturated rings. The van der Waals surface area contributed by atoms with Crippen LogP contribution in [0.2, 0.25) is 0 Å². The fraction of sp³-hybridized carbons (Fsp3) is 0.375. The summed E-state index contributed by atoms with van der Waals surface area (Å²) in [5.41, 5.74) is 2.77. The van der Waals surface area contributed by atoms with Gasteiger partial charge in [0, 0.05) is 4.88 Å². The van der Waals surface area contributed by atoms with Gasteiger partial charge >= 0.3 is 0 Å². The summed E-state index contributed by atoms with van der Waals surface area (Å²) in [6.45, 7) is 3.91. The second-order valence-electron chi connectivity index (χ2n) is 4.79. The first kappa shape index (κ1) is 12.9. The number of rotatable bonds is 4. The number of ether oxygens (including phenoxy) is 1. The average Bonchev–Trinajstić information content (AvgIpc) is 2.98. The SMILES string of the molecule is CCNC(c1cccs1)C1OCCc2ccccc21. The molecule has 100 valence electrons. The first-order valence-corrected chi connectivity index (χ1v) is 7.74. The van der Waals surface area contributed by atoms with Crippen molar-refractivity contribution >= 4 is 11.3 Å². The molecule has 2 aromatic rings. The van der Waals surface area contributed by atoms with Crippen molar-refractivity contribution < 1.29 is 4.74 Å². The Morgan fingerprint density at radius 2 is 2.21 bits per heavy atom. The first-order chi connectivity index (χ1) is 9.40. The van der Waals surface area contributed by atoms with Crippen LogP contribution in [0.25, 0.3) is 0 Å². The van der Waals surface area contributed by atoms with Crippen LogP contribution >= 0.6 is 11.3 Å². The second-order valence-corrected chi connectivity index (χ2v) is 5.77. The van der Waals surface area contributed by atoms with E-state index >= 15 is 0 Å². The molecule has 0 bridgehead atoms. The molecular weight excluding hydrogens is 254 g/mol. The van der Waals surface area contributed by atoms with Crippen LogP contribution in [0.1, 0.15) is 35.1 Å². The number of fused-ring (bicyclic) bond motifs is 1. The van der Waals surface area contributed by atoms with Crippen LogP contribution in [0, 0.1) is 0 Å². The lowest BCUT2D eigenvalue weighted by molar-refractivity contribution is 0.0160.